The average molecular weight is 352 g/mol. The number of hydrogen-bond acceptors (Lipinski definition) is 4. The fraction of sp³-hybridized carbons (Fsp3) is 0.214. The zero-order valence-corrected chi connectivity index (χ0v) is 13.2. The van der Waals surface area contributed by atoms with Gasteiger partial charge in [0.2, 0.25) is 11.8 Å². The molecule has 0 saturated heterocycles. The van der Waals surface area contributed by atoms with E-state index in [-0.39, 0.29) is 18.4 Å². The van der Waals surface area contributed by atoms with Crippen LogP contribution in [0.2, 0.25) is 0 Å². The number of para-hydroxylation sites is 1. The maximum Gasteiger partial charge on any atom is 0.245 e. The predicted molar refractivity (Wildman–Crippen MR) is 82.0 cm³/mol. The third-order valence-electron chi connectivity index (χ3n) is 2.72. The molecule has 21 heavy (non-hydrogen) atoms. The van der Waals surface area contributed by atoms with Crippen LogP contribution in [0.15, 0.2) is 39.3 Å². The summed E-state index contributed by atoms with van der Waals surface area (Å²) < 4.78 is 5.61. The lowest BCUT2D eigenvalue weighted by Gasteiger charge is -2.21. The normalized spacial score (nSPS) is 10.2. The lowest BCUT2D eigenvalue weighted by molar-refractivity contribution is -0.120. The Kier molecular flexibility index (Phi) is 4.74. The molecule has 2 rings (SSSR count). The maximum atomic E-state index is 12.0. The molecule has 0 bridgehead atoms. The number of aromatic nitrogens is 1. The lowest BCUT2D eigenvalue weighted by atomic mass is 10.3. The van der Waals surface area contributed by atoms with Crippen LogP contribution < -0.4 is 10.2 Å². The largest absolute Gasteiger partial charge is 0.360 e. The molecule has 1 heterocycles. The summed E-state index contributed by atoms with van der Waals surface area (Å²) in [5.74, 6) is 0.343. The van der Waals surface area contributed by atoms with E-state index < -0.39 is 0 Å². The fourth-order valence-electron chi connectivity index (χ4n) is 1.79. The highest BCUT2D eigenvalue weighted by Crippen LogP contribution is 2.25. The Labute approximate surface area is 130 Å². The number of benzene rings is 1. The zero-order chi connectivity index (χ0) is 15.4. The summed E-state index contributed by atoms with van der Waals surface area (Å²) >= 11 is 3.37. The van der Waals surface area contributed by atoms with E-state index in [0.717, 1.165) is 4.47 Å². The van der Waals surface area contributed by atoms with Gasteiger partial charge in [-0.1, -0.05) is 17.3 Å². The molecule has 0 spiro atoms. The van der Waals surface area contributed by atoms with Gasteiger partial charge in [0.1, 0.15) is 12.3 Å². The van der Waals surface area contributed by atoms with Crippen molar-refractivity contribution in [2.45, 2.75) is 13.8 Å². The van der Waals surface area contributed by atoms with Crippen LogP contribution in [0.4, 0.5) is 11.5 Å². The van der Waals surface area contributed by atoms with Crippen molar-refractivity contribution in [1.82, 2.24) is 5.16 Å². The van der Waals surface area contributed by atoms with Gasteiger partial charge in [-0.05, 0) is 35.0 Å². The highest BCUT2D eigenvalue weighted by molar-refractivity contribution is 9.10. The first-order chi connectivity index (χ1) is 9.97. The van der Waals surface area contributed by atoms with Crippen molar-refractivity contribution in [3.63, 3.8) is 0 Å². The quantitative estimate of drug-likeness (QED) is 0.918. The van der Waals surface area contributed by atoms with Crippen LogP contribution in [0, 0.1) is 6.92 Å². The Morgan fingerprint density at radius 2 is 2.10 bits per heavy atom. The van der Waals surface area contributed by atoms with E-state index in [2.05, 4.69) is 26.4 Å². The topological polar surface area (TPSA) is 75.4 Å². The summed E-state index contributed by atoms with van der Waals surface area (Å²) in [4.78, 5) is 25.2. The molecule has 2 amide bonds. The van der Waals surface area contributed by atoms with Gasteiger partial charge < -0.3 is 14.7 Å². The van der Waals surface area contributed by atoms with E-state index in [4.69, 9.17) is 4.52 Å². The average Bonchev–Trinajstić information content (AvgIpc) is 2.82. The molecular formula is C14H14BrN3O3. The zero-order valence-electron chi connectivity index (χ0n) is 11.6. The number of aryl methyl sites for hydroxylation is 1. The molecule has 6 nitrogen and oxygen atoms in total. The molecule has 1 N–H and O–H groups in total. The number of nitrogens with zero attached hydrogens (tertiary/aromatic N) is 2. The minimum absolute atomic E-state index is 0.107. The summed E-state index contributed by atoms with van der Waals surface area (Å²) in [6.07, 6.45) is 0. The van der Waals surface area contributed by atoms with E-state index in [9.17, 15) is 9.59 Å². The monoisotopic (exact) mass is 351 g/mol. The Hall–Kier alpha value is -2.15. The van der Waals surface area contributed by atoms with Crippen molar-refractivity contribution in [2.24, 2.45) is 0 Å². The highest BCUT2D eigenvalue weighted by atomic mass is 79.9. The molecule has 0 fully saturated rings. The fourth-order valence-corrected chi connectivity index (χ4v) is 2.29. The van der Waals surface area contributed by atoms with Crippen molar-refractivity contribution >= 4 is 39.2 Å². The Bertz CT molecular complexity index is 669. The number of amides is 2. The molecule has 0 saturated carbocycles. The SMILES string of the molecule is CC(=O)N(CC(=O)Nc1cc(C)on1)c1ccccc1Br. The summed E-state index contributed by atoms with van der Waals surface area (Å²) in [5, 5.41) is 6.26. The van der Waals surface area contributed by atoms with E-state index >= 15 is 0 Å². The smallest absolute Gasteiger partial charge is 0.245 e. The van der Waals surface area contributed by atoms with E-state index in [1.807, 2.05) is 12.1 Å². The number of anilines is 2. The van der Waals surface area contributed by atoms with Crippen LogP contribution in [-0.4, -0.2) is 23.5 Å². The van der Waals surface area contributed by atoms with Gasteiger partial charge >= 0.3 is 0 Å². The second kappa shape index (κ2) is 6.53. The Morgan fingerprint density at radius 3 is 2.67 bits per heavy atom. The van der Waals surface area contributed by atoms with Crippen LogP contribution in [0.5, 0.6) is 0 Å². The van der Waals surface area contributed by atoms with Gasteiger partial charge in [0.25, 0.3) is 0 Å². The molecule has 0 aliphatic rings. The van der Waals surface area contributed by atoms with Crippen LogP contribution in [0.3, 0.4) is 0 Å². The van der Waals surface area contributed by atoms with Crippen molar-refractivity contribution in [3.05, 3.63) is 40.6 Å². The van der Waals surface area contributed by atoms with Gasteiger partial charge in [0, 0.05) is 17.5 Å². The molecule has 0 aliphatic heterocycles. The summed E-state index contributed by atoms with van der Waals surface area (Å²) in [6.45, 7) is 3.03. The van der Waals surface area contributed by atoms with E-state index in [0.29, 0.717) is 17.3 Å². The van der Waals surface area contributed by atoms with Crippen LogP contribution in [-0.2, 0) is 9.59 Å². The van der Waals surface area contributed by atoms with Crippen LogP contribution in [0.25, 0.3) is 0 Å². The molecule has 1 aromatic carbocycles. The number of rotatable bonds is 4. The van der Waals surface area contributed by atoms with Crippen LogP contribution in [0.1, 0.15) is 12.7 Å². The molecule has 7 heteroatoms. The molecule has 1 aromatic heterocycles. The molecule has 2 aromatic rings. The molecule has 0 radical (unpaired) electrons. The number of carbonyl (C=O) groups is 2. The highest BCUT2D eigenvalue weighted by Gasteiger charge is 2.18. The van der Waals surface area contributed by atoms with Gasteiger partial charge in [-0.15, -0.1) is 0 Å². The third-order valence-corrected chi connectivity index (χ3v) is 3.39. The van der Waals surface area contributed by atoms with Gasteiger partial charge in [-0.2, -0.15) is 0 Å². The van der Waals surface area contributed by atoms with E-state index in [1.165, 1.54) is 11.8 Å². The van der Waals surface area contributed by atoms with Gasteiger partial charge in [-0.25, -0.2) is 0 Å². The molecule has 0 atom stereocenters. The minimum atomic E-state index is -0.353. The molecular weight excluding hydrogens is 338 g/mol. The van der Waals surface area contributed by atoms with Gasteiger partial charge in [0.05, 0.1) is 5.69 Å². The second-order valence-corrected chi connectivity index (χ2v) is 5.28. The van der Waals surface area contributed by atoms with Crippen LogP contribution >= 0.6 is 15.9 Å². The Morgan fingerprint density at radius 1 is 1.38 bits per heavy atom. The summed E-state index contributed by atoms with van der Waals surface area (Å²) in [7, 11) is 0. The number of halogens is 1. The van der Waals surface area contributed by atoms with Crippen molar-refractivity contribution in [1.29, 1.82) is 0 Å². The predicted octanol–water partition coefficient (Wildman–Crippen LogP) is 2.74. The number of carbonyl (C=O) groups excluding carboxylic acids is 2. The Balaban J connectivity index is 2.12. The standard InChI is InChI=1S/C14H14BrN3O3/c1-9-7-13(17-21-9)16-14(20)8-18(10(2)19)12-6-4-3-5-11(12)15/h3-7H,8H2,1-2H3,(H,16,17,20). The summed E-state index contributed by atoms with van der Waals surface area (Å²) in [6, 6.07) is 8.82. The molecule has 0 aliphatic carbocycles. The number of nitrogens with one attached hydrogen (secondary N) is 1. The number of hydrogen-bond donors (Lipinski definition) is 1. The molecule has 110 valence electrons. The minimum Gasteiger partial charge on any atom is -0.360 e. The lowest BCUT2D eigenvalue weighted by Crippen LogP contribution is -2.36. The van der Waals surface area contributed by atoms with Crippen molar-refractivity contribution < 1.29 is 14.1 Å². The molecule has 0 unspecified atom stereocenters. The van der Waals surface area contributed by atoms with Gasteiger partial charge in [0.15, 0.2) is 5.82 Å². The van der Waals surface area contributed by atoms with Gasteiger partial charge in [-0.3, -0.25) is 9.59 Å². The van der Waals surface area contributed by atoms with Crippen molar-refractivity contribution in [2.75, 3.05) is 16.8 Å². The first-order valence-corrected chi connectivity index (χ1v) is 7.02. The van der Waals surface area contributed by atoms with E-state index in [1.54, 1.807) is 25.1 Å². The first kappa shape index (κ1) is 15.2. The summed E-state index contributed by atoms with van der Waals surface area (Å²) in [5.41, 5.74) is 0.636. The second-order valence-electron chi connectivity index (χ2n) is 4.43. The maximum absolute atomic E-state index is 12.0. The van der Waals surface area contributed by atoms with Crippen molar-refractivity contribution in [3.8, 4) is 0 Å². The first-order valence-electron chi connectivity index (χ1n) is 6.23. The third kappa shape index (κ3) is 3.91.